The highest BCUT2D eigenvalue weighted by molar-refractivity contribution is 5.81. The summed E-state index contributed by atoms with van der Waals surface area (Å²) in [6.45, 7) is 3.34. The molecule has 0 aromatic heterocycles. The number of hydrogen-bond donors (Lipinski definition) is 2. The van der Waals surface area contributed by atoms with Crippen LogP contribution in [0, 0.1) is 0 Å². The minimum atomic E-state index is -0.373. The molecule has 1 aliphatic rings. The molecule has 4 heteroatoms. The minimum Gasteiger partial charge on any atom is -0.379 e. The molecule has 0 spiro atoms. The molecule has 0 saturated carbocycles. The normalized spacial score (nSPS) is 25.2. The van der Waals surface area contributed by atoms with Gasteiger partial charge < -0.3 is 15.8 Å². The Bertz CT molecular complexity index is 167. The highest BCUT2D eigenvalue weighted by atomic mass is 16.5. The van der Waals surface area contributed by atoms with E-state index in [-0.39, 0.29) is 18.0 Å². The zero-order valence-corrected chi connectivity index (χ0v) is 8.08. The van der Waals surface area contributed by atoms with Crippen molar-refractivity contribution in [3.63, 3.8) is 0 Å². The van der Waals surface area contributed by atoms with Gasteiger partial charge in [-0.25, -0.2) is 0 Å². The van der Waals surface area contributed by atoms with Crippen molar-refractivity contribution in [1.29, 1.82) is 0 Å². The van der Waals surface area contributed by atoms with Crippen molar-refractivity contribution in [2.24, 2.45) is 5.73 Å². The van der Waals surface area contributed by atoms with Crippen LogP contribution in [0.3, 0.4) is 0 Å². The van der Waals surface area contributed by atoms with Crippen LogP contribution in [0.2, 0.25) is 0 Å². The van der Waals surface area contributed by atoms with Crippen molar-refractivity contribution in [1.82, 2.24) is 5.32 Å². The number of hydrogen-bond acceptors (Lipinski definition) is 3. The van der Waals surface area contributed by atoms with E-state index in [2.05, 4.69) is 5.32 Å². The summed E-state index contributed by atoms with van der Waals surface area (Å²) >= 11 is 0. The minimum absolute atomic E-state index is 0.0574. The zero-order chi connectivity index (χ0) is 9.68. The number of ether oxygens (including phenoxy) is 1. The molecular weight excluding hydrogens is 168 g/mol. The average molecular weight is 186 g/mol. The van der Waals surface area contributed by atoms with Crippen LogP contribution in [0.15, 0.2) is 0 Å². The molecule has 0 radical (unpaired) electrons. The maximum absolute atomic E-state index is 11.4. The summed E-state index contributed by atoms with van der Waals surface area (Å²) in [6.07, 6.45) is 2.70. The Balaban J connectivity index is 2.26. The van der Waals surface area contributed by atoms with Gasteiger partial charge in [0, 0.05) is 6.61 Å². The van der Waals surface area contributed by atoms with Crippen molar-refractivity contribution in [3.05, 3.63) is 0 Å². The predicted molar refractivity (Wildman–Crippen MR) is 50.3 cm³/mol. The van der Waals surface area contributed by atoms with Crippen LogP contribution in [-0.2, 0) is 9.53 Å². The van der Waals surface area contributed by atoms with Gasteiger partial charge in [0.25, 0.3) is 0 Å². The predicted octanol–water partition coefficient (Wildman–Crippen LogP) is 0.0189. The molecule has 0 aliphatic carbocycles. The van der Waals surface area contributed by atoms with Gasteiger partial charge in [-0.05, 0) is 19.3 Å². The van der Waals surface area contributed by atoms with E-state index in [9.17, 15) is 4.79 Å². The molecule has 1 heterocycles. The molecule has 1 fully saturated rings. The summed E-state index contributed by atoms with van der Waals surface area (Å²) in [5.74, 6) is -0.0574. The Labute approximate surface area is 78.8 Å². The van der Waals surface area contributed by atoms with Gasteiger partial charge in [-0.2, -0.15) is 0 Å². The van der Waals surface area contributed by atoms with Gasteiger partial charge in [-0.1, -0.05) is 6.92 Å². The molecule has 1 rings (SSSR count). The van der Waals surface area contributed by atoms with Crippen LogP contribution in [0.5, 0.6) is 0 Å². The lowest BCUT2D eigenvalue weighted by atomic mass is 10.1. The van der Waals surface area contributed by atoms with E-state index in [1.807, 2.05) is 6.92 Å². The number of carbonyl (C=O) groups excluding carboxylic acids is 1. The topological polar surface area (TPSA) is 64.4 Å². The van der Waals surface area contributed by atoms with E-state index in [1.54, 1.807) is 0 Å². The summed E-state index contributed by atoms with van der Waals surface area (Å²) < 4.78 is 5.24. The second-order valence-corrected chi connectivity index (χ2v) is 3.44. The van der Waals surface area contributed by atoms with Gasteiger partial charge in [-0.15, -0.1) is 0 Å². The zero-order valence-electron chi connectivity index (χ0n) is 8.08. The number of carbonyl (C=O) groups is 1. The molecule has 1 amide bonds. The third-order valence-corrected chi connectivity index (χ3v) is 2.28. The summed E-state index contributed by atoms with van der Waals surface area (Å²) in [5.41, 5.74) is 5.58. The average Bonchev–Trinajstić information content (AvgIpc) is 2.18. The molecule has 4 nitrogen and oxygen atoms in total. The molecule has 3 N–H and O–H groups in total. The van der Waals surface area contributed by atoms with E-state index in [0.29, 0.717) is 13.0 Å². The van der Waals surface area contributed by atoms with E-state index >= 15 is 0 Å². The van der Waals surface area contributed by atoms with Crippen molar-refractivity contribution >= 4 is 5.91 Å². The van der Waals surface area contributed by atoms with Crippen molar-refractivity contribution in [2.75, 3.05) is 13.2 Å². The highest BCUT2D eigenvalue weighted by Gasteiger charge is 2.18. The van der Waals surface area contributed by atoms with Gasteiger partial charge in [0.2, 0.25) is 5.91 Å². The van der Waals surface area contributed by atoms with Gasteiger partial charge in [0.05, 0.1) is 18.7 Å². The Kier molecular flexibility index (Phi) is 4.18. The molecule has 0 bridgehead atoms. The summed E-state index contributed by atoms with van der Waals surface area (Å²) in [4.78, 5) is 11.4. The summed E-state index contributed by atoms with van der Waals surface area (Å²) in [7, 11) is 0. The van der Waals surface area contributed by atoms with Gasteiger partial charge in [-0.3, -0.25) is 4.79 Å². The third kappa shape index (κ3) is 3.32. The molecular formula is C9H18N2O2. The van der Waals surface area contributed by atoms with Crippen LogP contribution in [-0.4, -0.2) is 31.2 Å². The van der Waals surface area contributed by atoms with Crippen molar-refractivity contribution in [3.8, 4) is 0 Å². The Morgan fingerprint density at radius 1 is 1.77 bits per heavy atom. The fraction of sp³-hybridized carbons (Fsp3) is 0.889. The molecule has 76 valence electrons. The lowest BCUT2D eigenvalue weighted by molar-refractivity contribution is -0.124. The third-order valence-electron chi connectivity index (χ3n) is 2.28. The van der Waals surface area contributed by atoms with Gasteiger partial charge in [0.15, 0.2) is 0 Å². The van der Waals surface area contributed by atoms with Crippen LogP contribution in [0.4, 0.5) is 0 Å². The first-order valence-electron chi connectivity index (χ1n) is 4.87. The lowest BCUT2D eigenvalue weighted by Crippen LogP contribution is -2.47. The fourth-order valence-electron chi connectivity index (χ4n) is 1.35. The number of amides is 1. The maximum atomic E-state index is 11.4. The first kappa shape index (κ1) is 10.5. The molecule has 2 atom stereocenters. The summed E-state index contributed by atoms with van der Waals surface area (Å²) in [6, 6.07) is -0.208. The fourth-order valence-corrected chi connectivity index (χ4v) is 1.35. The van der Waals surface area contributed by atoms with E-state index in [1.165, 1.54) is 0 Å². The SMILES string of the molecule is CC[C@H](N)C(=O)N[C@@H]1CCCOC1. The number of rotatable bonds is 3. The number of nitrogens with two attached hydrogens (primary N) is 1. The second kappa shape index (κ2) is 5.19. The monoisotopic (exact) mass is 186 g/mol. The Morgan fingerprint density at radius 2 is 2.54 bits per heavy atom. The highest BCUT2D eigenvalue weighted by Crippen LogP contribution is 2.05. The largest absolute Gasteiger partial charge is 0.379 e. The Morgan fingerprint density at radius 3 is 3.08 bits per heavy atom. The second-order valence-electron chi connectivity index (χ2n) is 3.44. The Hall–Kier alpha value is -0.610. The number of nitrogens with one attached hydrogen (secondary N) is 1. The molecule has 0 aromatic carbocycles. The molecule has 1 aliphatic heterocycles. The molecule has 0 aromatic rings. The van der Waals surface area contributed by atoms with Gasteiger partial charge >= 0.3 is 0 Å². The molecule has 0 unspecified atom stereocenters. The first-order valence-corrected chi connectivity index (χ1v) is 4.87. The maximum Gasteiger partial charge on any atom is 0.237 e. The standard InChI is InChI=1S/C9H18N2O2/c1-2-8(10)9(12)11-7-4-3-5-13-6-7/h7-8H,2-6,10H2,1H3,(H,11,12)/t7-,8+/m1/s1. The van der Waals surface area contributed by atoms with E-state index in [4.69, 9.17) is 10.5 Å². The van der Waals surface area contributed by atoms with Crippen LogP contribution in [0.1, 0.15) is 26.2 Å². The first-order chi connectivity index (χ1) is 6.24. The van der Waals surface area contributed by atoms with Crippen molar-refractivity contribution in [2.45, 2.75) is 38.3 Å². The molecule has 13 heavy (non-hydrogen) atoms. The van der Waals surface area contributed by atoms with Crippen molar-refractivity contribution < 1.29 is 9.53 Å². The van der Waals surface area contributed by atoms with Gasteiger partial charge in [0.1, 0.15) is 0 Å². The van der Waals surface area contributed by atoms with E-state index in [0.717, 1.165) is 19.4 Å². The molecule has 1 saturated heterocycles. The smallest absolute Gasteiger partial charge is 0.237 e. The van der Waals surface area contributed by atoms with Crippen LogP contribution < -0.4 is 11.1 Å². The summed E-state index contributed by atoms with van der Waals surface area (Å²) in [5, 5.41) is 2.88. The quantitative estimate of drug-likeness (QED) is 0.653. The van der Waals surface area contributed by atoms with Crippen LogP contribution in [0.25, 0.3) is 0 Å². The lowest BCUT2D eigenvalue weighted by Gasteiger charge is -2.24. The van der Waals surface area contributed by atoms with Crippen LogP contribution >= 0.6 is 0 Å². The van der Waals surface area contributed by atoms with E-state index < -0.39 is 0 Å².